The van der Waals surface area contributed by atoms with Crippen LogP contribution in [0.2, 0.25) is 0 Å². The number of carbonyl (C=O) groups is 1. The fraction of sp³-hybridized carbons (Fsp3) is 0.500. The Balaban J connectivity index is 1.44. The molecule has 0 saturated carbocycles. The van der Waals surface area contributed by atoms with E-state index in [0.717, 1.165) is 57.8 Å². The number of amides is 1. The number of aryl methyl sites for hydroxylation is 1. The number of nitrogens with one attached hydrogen (secondary N) is 1. The van der Waals surface area contributed by atoms with Crippen molar-refractivity contribution in [1.29, 1.82) is 0 Å². The first kappa shape index (κ1) is 16.3. The van der Waals surface area contributed by atoms with Crippen LogP contribution in [0.25, 0.3) is 0 Å². The van der Waals surface area contributed by atoms with Crippen molar-refractivity contribution in [3.63, 3.8) is 0 Å². The molecule has 5 heteroatoms. The Kier molecular flexibility index (Phi) is 4.34. The minimum Gasteiger partial charge on any atom is -0.348 e. The number of piperidine rings is 1. The quantitative estimate of drug-likeness (QED) is 0.933. The molecular formula is C20H26N4O. The molecule has 25 heavy (non-hydrogen) atoms. The number of hydrogen-bond donors (Lipinski definition) is 1. The molecule has 4 rings (SSSR count). The molecule has 1 N–H and O–H groups in total. The summed E-state index contributed by atoms with van der Waals surface area (Å²) in [6, 6.07) is 8.49. The van der Waals surface area contributed by atoms with Gasteiger partial charge >= 0.3 is 0 Å². The van der Waals surface area contributed by atoms with Crippen molar-refractivity contribution in [2.24, 2.45) is 5.41 Å². The Hall–Kier alpha value is -2.14. The van der Waals surface area contributed by atoms with E-state index in [1.54, 1.807) is 6.20 Å². The van der Waals surface area contributed by atoms with E-state index in [2.05, 4.69) is 51.0 Å². The average molecular weight is 338 g/mol. The molecule has 2 fully saturated rings. The van der Waals surface area contributed by atoms with Crippen molar-refractivity contribution in [3.8, 4) is 0 Å². The molecule has 1 spiro atoms. The molecule has 2 saturated heterocycles. The number of carbonyl (C=O) groups excluding carboxylic acids is 1. The van der Waals surface area contributed by atoms with E-state index in [4.69, 9.17) is 0 Å². The van der Waals surface area contributed by atoms with Crippen LogP contribution in [0.4, 0.5) is 0 Å². The Morgan fingerprint density at radius 1 is 1.24 bits per heavy atom. The molecule has 2 aromatic rings. The van der Waals surface area contributed by atoms with Crippen molar-refractivity contribution in [2.45, 2.75) is 39.3 Å². The first-order valence-electron chi connectivity index (χ1n) is 9.20. The van der Waals surface area contributed by atoms with E-state index >= 15 is 0 Å². The summed E-state index contributed by atoms with van der Waals surface area (Å²) < 4.78 is 0. The van der Waals surface area contributed by atoms with Gasteiger partial charge in [-0.25, -0.2) is 4.98 Å². The van der Waals surface area contributed by atoms with Crippen LogP contribution in [0.15, 0.2) is 36.7 Å². The summed E-state index contributed by atoms with van der Waals surface area (Å²) in [6.45, 7) is 6.36. The van der Waals surface area contributed by atoms with Gasteiger partial charge in [0.2, 0.25) is 5.91 Å². The van der Waals surface area contributed by atoms with Crippen LogP contribution >= 0.6 is 0 Å². The van der Waals surface area contributed by atoms with Crippen LogP contribution in [-0.4, -0.2) is 45.3 Å². The van der Waals surface area contributed by atoms with Crippen molar-refractivity contribution in [1.82, 2.24) is 19.8 Å². The van der Waals surface area contributed by atoms with Gasteiger partial charge < -0.3 is 9.88 Å². The van der Waals surface area contributed by atoms with Gasteiger partial charge in [0.1, 0.15) is 5.82 Å². The van der Waals surface area contributed by atoms with Gasteiger partial charge in [-0.05, 0) is 38.3 Å². The number of hydrogen-bond acceptors (Lipinski definition) is 3. The summed E-state index contributed by atoms with van der Waals surface area (Å²) in [5, 5.41) is 0. The molecule has 132 valence electrons. The topological polar surface area (TPSA) is 52.2 Å². The zero-order chi connectivity index (χ0) is 17.3. The smallest absolute Gasteiger partial charge is 0.230 e. The molecule has 0 unspecified atom stereocenters. The third-order valence-electron chi connectivity index (χ3n) is 5.64. The van der Waals surface area contributed by atoms with Gasteiger partial charge in [-0.15, -0.1) is 0 Å². The lowest BCUT2D eigenvalue weighted by Crippen LogP contribution is -2.49. The molecule has 0 bridgehead atoms. The molecule has 2 aliphatic rings. The fourth-order valence-electron chi connectivity index (χ4n) is 4.40. The summed E-state index contributed by atoms with van der Waals surface area (Å²) in [6.07, 6.45) is 6.74. The first-order chi connectivity index (χ1) is 12.1. The van der Waals surface area contributed by atoms with Crippen LogP contribution in [-0.2, 0) is 17.9 Å². The van der Waals surface area contributed by atoms with E-state index in [0.29, 0.717) is 5.91 Å². The van der Waals surface area contributed by atoms with Gasteiger partial charge in [0, 0.05) is 32.0 Å². The molecule has 1 atom stereocenters. The summed E-state index contributed by atoms with van der Waals surface area (Å²) in [5.41, 5.74) is 2.30. The number of H-pyrrole nitrogens is 1. The van der Waals surface area contributed by atoms with Crippen molar-refractivity contribution < 1.29 is 4.79 Å². The summed E-state index contributed by atoms with van der Waals surface area (Å²) in [5.74, 6) is 1.33. The molecular weight excluding hydrogens is 312 g/mol. The molecule has 3 heterocycles. The summed E-state index contributed by atoms with van der Waals surface area (Å²) in [4.78, 5) is 25.2. The predicted octanol–water partition coefficient (Wildman–Crippen LogP) is 2.73. The van der Waals surface area contributed by atoms with Crippen molar-refractivity contribution >= 4 is 5.91 Å². The van der Waals surface area contributed by atoms with Gasteiger partial charge in [0.15, 0.2) is 0 Å². The normalized spacial score (nSPS) is 24.4. The maximum atomic E-state index is 13.3. The summed E-state index contributed by atoms with van der Waals surface area (Å²) in [7, 11) is 0. The lowest BCUT2D eigenvalue weighted by molar-refractivity contribution is -0.146. The Bertz CT molecular complexity index is 742. The highest BCUT2D eigenvalue weighted by Gasteiger charge is 2.48. The number of aromatic nitrogens is 2. The molecule has 0 aliphatic carbocycles. The van der Waals surface area contributed by atoms with Gasteiger partial charge in [-0.3, -0.25) is 9.69 Å². The van der Waals surface area contributed by atoms with Crippen LogP contribution in [0.5, 0.6) is 0 Å². The number of likely N-dealkylation sites (tertiary alicyclic amines) is 2. The Morgan fingerprint density at radius 2 is 2.16 bits per heavy atom. The second-order valence-electron chi connectivity index (χ2n) is 7.60. The van der Waals surface area contributed by atoms with Crippen LogP contribution < -0.4 is 0 Å². The van der Waals surface area contributed by atoms with Crippen molar-refractivity contribution in [3.05, 3.63) is 53.6 Å². The maximum absolute atomic E-state index is 13.3. The minimum absolute atomic E-state index is 0.186. The van der Waals surface area contributed by atoms with Gasteiger partial charge in [0.05, 0.1) is 12.0 Å². The average Bonchev–Trinajstić information content (AvgIpc) is 3.24. The number of rotatable bonds is 4. The van der Waals surface area contributed by atoms with Gasteiger partial charge in [-0.2, -0.15) is 0 Å². The first-order valence-corrected chi connectivity index (χ1v) is 9.20. The lowest BCUT2D eigenvalue weighted by atomic mass is 9.78. The minimum atomic E-state index is -0.186. The number of nitrogens with zero attached hydrogens (tertiary/aromatic N) is 3. The third kappa shape index (κ3) is 3.33. The highest BCUT2D eigenvalue weighted by molar-refractivity contribution is 5.84. The van der Waals surface area contributed by atoms with Crippen LogP contribution in [0, 0.1) is 12.3 Å². The van der Waals surface area contributed by atoms with E-state index in [1.807, 2.05) is 6.20 Å². The Morgan fingerprint density at radius 3 is 2.96 bits per heavy atom. The molecule has 0 radical (unpaired) electrons. The highest BCUT2D eigenvalue weighted by Crippen LogP contribution is 2.40. The third-order valence-corrected chi connectivity index (χ3v) is 5.64. The molecule has 5 nitrogen and oxygen atoms in total. The van der Waals surface area contributed by atoms with E-state index in [1.165, 1.54) is 11.1 Å². The van der Waals surface area contributed by atoms with Crippen LogP contribution in [0.1, 0.15) is 36.2 Å². The van der Waals surface area contributed by atoms with E-state index in [9.17, 15) is 4.79 Å². The van der Waals surface area contributed by atoms with Crippen LogP contribution in [0.3, 0.4) is 0 Å². The number of aromatic amines is 1. The largest absolute Gasteiger partial charge is 0.348 e. The predicted molar refractivity (Wildman–Crippen MR) is 96.7 cm³/mol. The fourth-order valence-corrected chi connectivity index (χ4v) is 4.40. The highest BCUT2D eigenvalue weighted by atomic mass is 16.2. The second kappa shape index (κ2) is 6.64. The standard InChI is InChI=1S/C20H26N4O/c1-16-4-2-5-17(12-16)13-24-10-3-6-20(19(24)25)7-11-23(15-20)14-18-21-8-9-22-18/h2,4-5,8-9,12H,3,6-7,10-11,13-15H2,1H3,(H,21,22)/t20-/m0/s1. The molecule has 2 aliphatic heterocycles. The molecule has 1 amide bonds. The van der Waals surface area contributed by atoms with Crippen molar-refractivity contribution in [2.75, 3.05) is 19.6 Å². The van der Waals surface area contributed by atoms with Gasteiger partial charge in [-0.1, -0.05) is 29.8 Å². The van der Waals surface area contributed by atoms with Gasteiger partial charge in [0.25, 0.3) is 0 Å². The van der Waals surface area contributed by atoms with E-state index in [-0.39, 0.29) is 5.41 Å². The lowest BCUT2D eigenvalue weighted by Gasteiger charge is -2.39. The monoisotopic (exact) mass is 338 g/mol. The SMILES string of the molecule is Cc1cccc(CN2CCC[C@@]3(CCN(Cc4ncc[nH]4)C3)C2=O)c1. The Labute approximate surface area is 149 Å². The van der Waals surface area contributed by atoms with E-state index < -0.39 is 0 Å². The zero-order valence-electron chi connectivity index (χ0n) is 14.9. The maximum Gasteiger partial charge on any atom is 0.230 e. The number of imidazole rings is 1. The molecule has 1 aromatic heterocycles. The molecule has 1 aromatic carbocycles. The number of benzene rings is 1. The summed E-state index contributed by atoms with van der Waals surface area (Å²) >= 11 is 0. The zero-order valence-corrected chi connectivity index (χ0v) is 14.9. The second-order valence-corrected chi connectivity index (χ2v) is 7.60.